The number of aromatic nitrogens is 1. The number of hydrogen-bond acceptors (Lipinski definition) is 6. The monoisotopic (exact) mass is 412 g/mol. The highest BCUT2D eigenvalue weighted by molar-refractivity contribution is 7.88. The molecule has 1 spiro atoms. The van der Waals surface area contributed by atoms with Gasteiger partial charge in [-0.1, -0.05) is 6.07 Å². The highest BCUT2D eigenvalue weighted by atomic mass is 32.2. The molecule has 12 heteroatoms. The Morgan fingerprint density at radius 3 is 2.56 bits per heavy atom. The minimum atomic E-state index is -5.08. The predicted molar refractivity (Wildman–Crippen MR) is 86.6 cm³/mol. The Bertz CT molecular complexity index is 751. The minimum Gasteiger partial charge on any atom is -0.477 e. The van der Waals surface area contributed by atoms with Gasteiger partial charge in [-0.15, -0.1) is 0 Å². The zero-order valence-corrected chi connectivity index (χ0v) is 15.2. The summed E-state index contributed by atoms with van der Waals surface area (Å²) in [6, 6.07) is 5.52. The molecule has 0 amide bonds. The molecule has 2 aliphatic rings. The number of pyridine rings is 1. The number of hydrogen-bond donors (Lipinski definition) is 1. The van der Waals surface area contributed by atoms with Crippen molar-refractivity contribution in [3.05, 3.63) is 24.4 Å². The third kappa shape index (κ3) is 5.53. The number of carbonyl (C=O) groups is 1. The van der Waals surface area contributed by atoms with E-state index in [1.165, 1.54) is 10.6 Å². The fraction of sp³-hybridized carbons (Fsp3) is 0.600. The van der Waals surface area contributed by atoms with Crippen LogP contribution in [0.1, 0.15) is 6.42 Å². The van der Waals surface area contributed by atoms with E-state index in [1.807, 2.05) is 18.2 Å². The lowest BCUT2D eigenvalue weighted by Crippen LogP contribution is -2.66. The second-order valence-electron chi connectivity index (χ2n) is 6.21. The molecule has 0 saturated carbocycles. The third-order valence-corrected chi connectivity index (χ3v) is 5.47. The topological polar surface area (TPSA) is 106 Å². The van der Waals surface area contributed by atoms with Crippen LogP contribution in [0.15, 0.2) is 24.4 Å². The summed E-state index contributed by atoms with van der Waals surface area (Å²) in [5.41, 5.74) is -0.363. The van der Waals surface area contributed by atoms with Crippen molar-refractivity contribution in [1.29, 1.82) is 0 Å². The van der Waals surface area contributed by atoms with Gasteiger partial charge in [0.15, 0.2) is 0 Å². The molecule has 0 bridgehead atoms. The van der Waals surface area contributed by atoms with E-state index in [0.717, 1.165) is 6.42 Å². The van der Waals surface area contributed by atoms with Crippen molar-refractivity contribution in [2.45, 2.75) is 18.2 Å². The summed E-state index contributed by atoms with van der Waals surface area (Å²) in [5.74, 6) is -1.95. The first kappa shape index (κ1) is 21.4. The Hall–Kier alpha value is -1.92. The Morgan fingerprint density at radius 1 is 1.44 bits per heavy atom. The van der Waals surface area contributed by atoms with Crippen LogP contribution in [0.25, 0.3) is 0 Å². The first-order valence-electron chi connectivity index (χ1n) is 7.87. The summed E-state index contributed by atoms with van der Waals surface area (Å²) in [6.45, 7) is 2.03. The molecule has 0 aliphatic carbocycles. The number of carboxylic acid groups (broad SMARTS) is 1. The lowest BCUT2D eigenvalue weighted by Gasteiger charge is -2.48. The molecule has 1 atom stereocenters. The summed E-state index contributed by atoms with van der Waals surface area (Å²) in [5, 5.41) is 7.12. The molecule has 3 rings (SSSR count). The Morgan fingerprint density at radius 2 is 2.07 bits per heavy atom. The van der Waals surface area contributed by atoms with Crippen molar-refractivity contribution in [2.75, 3.05) is 32.6 Å². The van der Waals surface area contributed by atoms with Crippen LogP contribution in [0.2, 0.25) is 0 Å². The third-order valence-electron chi connectivity index (χ3n) is 4.27. The molecule has 1 N–H and O–H groups in total. The Kier molecular flexibility index (Phi) is 6.32. The highest BCUT2D eigenvalue weighted by Crippen LogP contribution is 2.41. The molecule has 27 heavy (non-hydrogen) atoms. The van der Waals surface area contributed by atoms with Crippen molar-refractivity contribution < 1.29 is 41.0 Å². The van der Waals surface area contributed by atoms with Crippen LogP contribution >= 0.6 is 0 Å². The fourth-order valence-corrected chi connectivity index (χ4v) is 3.68. The fourth-order valence-electron chi connectivity index (χ4n) is 2.77. The van der Waals surface area contributed by atoms with Gasteiger partial charge in [-0.3, -0.25) is 0 Å². The lowest BCUT2D eigenvalue weighted by molar-refractivity contribution is -0.192. The maximum Gasteiger partial charge on any atom is 0.490 e. The standard InChI is InChI=1S/C13H18N2O4S.C2HF3O2/c1-20(16,17)15-9-13(10-15)11(5-7-19-13)8-18-12-4-2-3-6-14-12;3-2(4,5)1(6)7/h2-4,6,11H,5,7-10H2,1H3;(H,6,7). The van der Waals surface area contributed by atoms with E-state index in [0.29, 0.717) is 32.2 Å². The first-order chi connectivity index (χ1) is 12.4. The van der Waals surface area contributed by atoms with Gasteiger partial charge in [0.2, 0.25) is 15.9 Å². The molecule has 1 unspecified atom stereocenters. The number of alkyl halides is 3. The average Bonchev–Trinajstić information content (AvgIpc) is 2.95. The van der Waals surface area contributed by atoms with Gasteiger partial charge >= 0.3 is 12.1 Å². The van der Waals surface area contributed by atoms with Gasteiger partial charge < -0.3 is 14.6 Å². The van der Waals surface area contributed by atoms with Crippen LogP contribution in [0.3, 0.4) is 0 Å². The molecule has 8 nitrogen and oxygen atoms in total. The summed E-state index contributed by atoms with van der Waals surface area (Å²) in [4.78, 5) is 13.0. The molecule has 2 saturated heterocycles. The maximum absolute atomic E-state index is 11.5. The predicted octanol–water partition coefficient (Wildman–Crippen LogP) is 1.14. The van der Waals surface area contributed by atoms with Gasteiger partial charge in [0.1, 0.15) is 5.60 Å². The molecular weight excluding hydrogens is 393 g/mol. The molecule has 2 fully saturated rings. The smallest absolute Gasteiger partial charge is 0.477 e. The van der Waals surface area contributed by atoms with E-state index < -0.39 is 22.2 Å². The number of aliphatic carboxylic acids is 1. The van der Waals surface area contributed by atoms with E-state index >= 15 is 0 Å². The van der Waals surface area contributed by atoms with E-state index in [1.54, 1.807) is 6.20 Å². The molecule has 0 radical (unpaired) electrons. The van der Waals surface area contributed by atoms with Gasteiger partial charge in [-0.05, 0) is 12.5 Å². The van der Waals surface area contributed by atoms with Crippen molar-refractivity contribution in [1.82, 2.24) is 9.29 Å². The zero-order valence-electron chi connectivity index (χ0n) is 14.3. The molecule has 1 aromatic heterocycles. The second-order valence-corrected chi connectivity index (χ2v) is 8.19. The van der Waals surface area contributed by atoms with Crippen molar-refractivity contribution in [3.63, 3.8) is 0 Å². The lowest BCUT2D eigenvalue weighted by atomic mass is 9.83. The second kappa shape index (κ2) is 7.98. The van der Waals surface area contributed by atoms with Gasteiger partial charge in [0.05, 0.1) is 12.9 Å². The van der Waals surface area contributed by atoms with Gasteiger partial charge in [-0.2, -0.15) is 17.5 Å². The van der Waals surface area contributed by atoms with Gasteiger partial charge in [0, 0.05) is 37.9 Å². The molecule has 2 aliphatic heterocycles. The van der Waals surface area contributed by atoms with Crippen LogP contribution in [-0.2, 0) is 19.6 Å². The van der Waals surface area contributed by atoms with E-state index in [9.17, 15) is 21.6 Å². The summed E-state index contributed by atoms with van der Waals surface area (Å²) >= 11 is 0. The quantitative estimate of drug-likeness (QED) is 0.791. The zero-order chi connectivity index (χ0) is 20.3. The number of carboxylic acids is 1. The normalized spacial score (nSPS) is 21.9. The van der Waals surface area contributed by atoms with Crippen molar-refractivity contribution >= 4 is 16.0 Å². The average molecular weight is 412 g/mol. The van der Waals surface area contributed by atoms with Crippen LogP contribution in [0.5, 0.6) is 5.88 Å². The molecular formula is C15H19F3N2O6S. The number of halogens is 3. The van der Waals surface area contributed by atoms with E-state index in [-0.39, 0.29) is 11.5 Å². The summed E-state index contributed by atoms with van der Waals surface area (Å²) < 4.78 is 67.6. The molecule has 152 valence electrons. The van der Waals surface area contributed by atoms with Crippen LogP contribution in [0, 0.1) is 5.92 Å². The molecule has 3 heterocycles. The van der Waals surface area contributed by atoms with Crippen molar-refractivity contribution in [2.24, 2.45) is 5.92 Å². The number of sulfonamides is 1. The summed E-state index contributed by atoms with van der Waals surface area (Å²) in [7, 11) is -3.12. The SMILES string of the molecule is CS(=O)(=O)N1CC2(C1)OCCC2COc1ccccn1.O=C(O)C(F)(F)F. The number of rotatable bonds is 4. The van der Waals surface area contributed by atoms with Crippen LogP contribution in [0.4, 0.5) is 13.2 Å². The summed E-state index contributed by atoms with van der Waals surface area (Å²) in [6.07, 6.45) is -1.27. The highest BCUT2D eigenvalue weighted by Gasteiger charge is 2.55. The van der Waals surface area contributed by atoms with Crippen LogP contribution in [-0.4, -0.2) is 73.1 Å². The minimum absolute atomic E-state index is 0.211. The Balaban J connectivity index is 0.000000321. The van der Waals surface area contributed by atoms with Crippen LogP contribution < -0.4 is 4.74 Å². The Labute approximate surface area is 153 Å². The largest absolute Gasteiger partial charge is 0.490 e. The first-order valence-corrected chi connectivity index (χ1v) is 9.72. The molecule has 1 aromatic rings. The molecule has 0 aromatic carbocycles. The number of ether oxygens (including phenoxy) is 2. The van der Waals surface area contributed by atoms with Crippen molar-refractivity contribution in [3.8, 4) is 5.88 Å². The maximum atomic E-state index is 11.5. The van der Waals surface area contributed by atoms with E-state index in [2.05, 4.69) is 4.98 Å². The van der Waals surface area contributed by atoms with Gasteiger partial charge in [-0.25, -0.2) is 18.2 Å². The number of nitrogens with zero attached hydrogens (tertiary/aromatic N) is 2. The van der Waals surface area contributed by atoms with E-state index in [4.69, 9.17) is 19.4 Å². The van der Waals surface area contributed by atoms with Gasteiger partial charge in [0.25, 0.3) is 0 Å².